The molecule has 1 amide bonds. The summed E-state index contributed by atoms with van der Waals surface area (Å²) in [5.74, 6) is 0.521. The molecule has 0 heterocycles. The monoisotopic (exact) mass is 442 g/mol. The van der Waals surface area contributed by atoms with E-state index in [1.807, 2.05) is 18.2 Å². The fraction of sp³-hybridized carbons (Fsp3) is 0.316. The Labute approximate surface area is 175 Å². The third-order valence-corrected chi connectivity index (χ3v) is 5.59. The first-order valence-electron chi connectivity index (χ1n) is 8.67. The van der Waals surface area contributed by atoms with E-state index in [1.54, 1.807) is 13.2 Å². The molecule has 0 aliphatic rings. The molecule has 0 aliphatic carbocycles. The smallest absolute Gasteiger partial charge is 0.258 e. The fourth-order valence-corrected chi connectivity index (χ4v) is 3.70. The lowest BCUT2D eigenvalue weighted by Crippen LogP contribution is -2.28. The average Bonchev–Trinajstić information content (AvgIpc) is 2.71. The van der Waals surface area contributed by atoms with Gasteiger partial charge in [-0.25, -0.2) is 13.1 Å². The van der Waals surface area contributed by atoms with Crippen LogP contribution in [0.5, 0.6) is 11.5 Å². The first-order valence-corrected chi connectivity index (χ1v) is 10.5. The van der Waals surface area contributed by atoms with Crippen molar-refractivity contribution in [2.75, 3.05) is 34.0 Å². The molecule has 2 N–H and O–H groups in total. The van der Waals surface area contributed by atoms with Crippen molar-refractivity contribution in [3.05, 3.63) is 53.1 Å². The Kier molecular flexibility index (Phi) is 8.71. The molecule has 0 saturated heterocycles. The summed E-state index contributed by atoms with van der Waals surface area (Å²) in [6, 6.07) is 11.4. The maximum atomic E-state index is 12.2. The van der Waals surface area contributed by atoms with Gasteiger partial charge in [0, 0.05) is 25.8 Å². The molecular weight excluding hydrogens is 420 g/mol. The van der Waals surface area contributed by atoms with Crippen molar-refractivity contribution in [3.8, 4) is 11.5 Å². The van der Waals surface area contributed by atoms with Gasteiger partial charge in [-0.3, -0.25) is 4.79 Å². The zero-order chi connectivity index (χ0) is 21.3. The van der Waals surface area contributed by atoms with Gasteiger partial charge in [0.2, 0.25) is 10.0 Å². The van der Waals surface area contributed by atoms with E-state index in [0.717, 1.165) is 5.56 Å². The number of amides is 1. The fourth-order valence-electron chi connectivity index (χ4n) is 2.36. The van der Waals surface area contributed by atoms with Crippen LogP contribution in [0.1, 0.15) is 5.56 Å². The predicted octanol–water partition coefficient (Wildman–Crippen LogP) is 1.97. The molecule has 8 nitrogen and oxygen atoms in total. The number of hydrogen-bond acceptors (Lipinski definition) is 6. The Morgan fingerprint density at radius 3 is 2.55 bits per heavy atom. The molecule has 0 saturated carbocycles. The lowest BCUT2D eigenvalue weighted by Gasteiger charge is -2.12. The molecule has 0 aliphatic heterocycles. The predicted molar refractivity (Wildman–Crippen MR) is 109 cm³/mol. The molecule has 2 aromatic carbocycles. The average molecular weight is 443 g/mol. The summed E-state index contributed by atoms with van der Waals surface area (Å²) in [4.78, 5) is 12.0. The second-order valence-electron chi connectivity index (χ2n) is 5.86. The van der Waals surface area contributed by atoms with E-state index in [0.29, 0.717) is 5.75 Å². The highest BCUT2D eigenvalue weighted by Gasteiger charge is 2.16. The number of rotatable bonds is 11. The first kappa shape index (κ1) is 23.0. The molecule has 0 unspecified atom stereocenters. The number of para-hydroxylation sites is 1. The highest BCUT2D eigenvalue weighted by molar-refractivity contribution is 7.89. The van der Waals surface area contributed by atoms with E-state index in [2.05, 4.69) is 10.0 Å². The number of benzene rings is 2. The van der Waals surface area contributed by atoms with Crippen LogP contribution < -0.4 is 19.5 Å². The van der Waals surface area contributed by atoms with Crippen molar-refractivity contribution < 1.29 is 27.4 Å². The van der Waals surface area contributed by atoms with Crippen molar-refractivity contribution in [3.63, 3.8) is 0 Å². The van der Waals surface area contributed by atoms with Gasteiger partial charge in [-0.05, 0) is 24.3 Å². The minimum atomic E-state index is -3.71. The van der Waals surface area contributed by atoms with Gasteiger partial charge >= 0.3 is 0 Å². The van der Waals surface area contributed by atoms with Gasteiger partial charge in [0.15, 0.2) is 6.61 Å². The van der Waals surface area contributed by atoms with Gasteiger partial charge < -0.3 is 19.5 Å². The van der Waals surface area contributed by atoms with Crippen LogP contribution in [0, 0.1) is 0 Å². The Morgan fingerprint density at radius 2 is 1.86 bits per heavy atom. The number of carbonyl (C=O) groups is 1. The molecule has 0 aromatic heterocycles. The molecule has 0 radical (unpaired) electrons. The van der Waals surface area contributed by atoms with Crippen molar-refractivity contribution >= 4 is 27.5 Å². The molecule has 2 rings (SSSR count). The van der Waals surface area contributed by atoms with Crippen molar-refractivity contribution in [2.24, 2.45) is 0 Å². The standard InChI is InChI=1S/C19H23ClN2O6S/c1-26-10-9-22-29(24,25)15-7-8-18(16(20)11-15)28-13-19(23)21-12-14-5-3-4-6-17(14)27-2/h3-8,11,22H,9-10,12-13H2,1-2H3,(H,21,23). The van der Waals surface area contributed by atoms with E-state index in [4.69, 9.17) is 25.8 Å². The molecule has 29 heavy (non-hydrogen) atoms. The highest BCUT2D eigenvalue weighted by Crippen LogP contribution is 2.27. The van der Waals surface area contributed by atoms with Gasteiger partial charge in [-0.2, -0.15) is 0 Å². The quantitative estimate of drug-likeness (QED) is 0.516. The van der Waals surface area contributed by atoms with Crippen LogP contribution in [0.25, 0.3) is 0 Å². The van der Waals surface area contributed by atoms with Gasteiger partial charge in [-0.15, -0.1) is 0 Å². The summed E-state index contributed by atoms with van der Waals surface area (Å²) in [6.45, 7) is 0.399. The Hall–Kier alpha value is -2.33. The van der Waals surface area contributed by atoms with Gasteiger partial charge in [-0.1, -0.05) is 29.8 Å². The zero-order valence-corrected chi connectivity index (χ0v) is 17.7. The summed E-state index contributed by atoms with van der Waals surface area (Å²) < 4.78 is 42.2. The van der Waals surface area contributed by atoms with Crippen LogP contribution in [0.4, 0.5) is 0 Å². The SMILES string of the molecule is COCCNS(=O)(=O)c1ccc(OCC(=O)NCc2ccccc2OC)c(Cl)c1. The van der Waals surface area contributed by atoms with Gasteiger partial charge in [0.25, 0.3) is 5.91 Å². The summed E-state index contributed by atoms with van der Waals surface area (Å²) >= 11 is 6.10. The normalized spacial score (nSPS) is 11.1. The lowest BCUT2D eigenvalue weighted by molar-refractivity contribution is -0.123. The Bertz CT molecular complexity index is 936. The summed E-state index contributed by atoms with van der Waals surface area (Å²) in [7, 11) is -0.676. The van der Waals surface area contributed by atoms with E-state index >= 15 is 0 Å². The molecule has 10 heteroatoms. The largest absolute Gasteiger partial charge is 0.496 e. The lowest BCUT2D eigenvalue weighted by atomic mass is 10.2. The van der Waals surface area contributed by atoms with Crippen molar-refractivity contribution in [1.29, 1.82) is 0 Å². The third kappa shape index (κ3) is 6.90. The number of hydrogen-bond donors (Lipinski definition) is 2. The van der Waals surface area contributed by atoms with E-state index in [1.165, 1.54) is 25.3 Å². The van der Waals surface area contributed by atoms with Crippen LogP contribution in [0.2, 0.25) is 5.02 Å². The number of methoxy groups -OCH3 is 2. The molecule has 0 spiro atoms. The van der Waals surface area contributed by atoms with Crippen LogP contribution in [0.15, 0.2) is 47.4 Å². The number of nitrogens with one attached hydrogen (secondary N) is 2. The zero-order valence-electron chi connectivity index (χ0n) is 16.1. The molecule has 0 fully saturated rings. The second-order valence-corrected chi connectivity index (χ2v) is 8.03. The van der Waals surface area contributed by atoms with Crippen LogP contribution in [-0.4, -0.2) is 48.3 Å². The van der Waals surface area contributed by atoms with Crippen molar-refractivity contribution in [1.82, 2.24) is 10.0 Å². The molecular formula is C19H23ClN2O6S. The molecule has 0 atom stereocenters. The first-order chi connectivity index (χ1) is 13.9. The summed E-state index contributed by atoms with van der Waals surface area (Å²) in [5, 5.41) is 2.80. The topological polar surface area (TPSA) is 103 Å². The van der Waals surface area contributed by atoms with E-state index in [-0.39, 0.29) is 47.9 Å². The Morgan fingerprint density at radius 1 is 1.10 bits per heavy atom. The Balaban J connectivity index is 1.91. The molecule has 0 bridgehead atoms. The number of ether oxygens (including phenoxy) is 3. The van der Waals surface area contributed by atoms with Crippen LogP contribution in [0.3, 0.4) is 0 Å². The number of sulfonamides is 1. The minimum Gasteiger partial charge on any atom is -0.496 e. The van der Waals surface area contributed by atoms with Crippen LogP contribution in [-0.2, 0) is 26.1 Å². The summed E-state index contributed by atoms with van der Waals surface area (Å²) in [5.41, 5.74) is 0.830. The third-order valence-electron chi connectivity index (χ3n) is 3.84. The maximum absolute atomic E-state index is 12.2. The number of carbonyl (C=O) groups excluding carboxylic acids is 1. The molecule has 158 valence electrons. The van der Waals surface area contributed by atoms with E-state index < -0.39 is 10.0 Å². The van der Waals surface area contributed by atoms with Gasteiger partial charge in [0.1, 0.15) is 11.5 Å². The van der Waals surface area contributed by atoms with Crippen molar-refractivity contribution in [2.45, 2.75) is 11.4 Å². The van der Waals surface area contributed by atoms with Gasteiger partial charge in [0.05, 0.1) is 23.6 Å². The molecule has 2 aromatic rings. The number of halogens is 1. The second kappa shape index (κ2) is 11.0. The maximum Gasteiger partial charge on any atom is 0.258 e. The van der Waals surface area contributed by atoms with E-state index in [9.17, 15) is 13.2 Å². The van der Waals surface area contributed by atoms with Crippen LogP contribution >= 0.6 is 11.6 Å². The minimum absolute atomic E-state index is 0.00780. The summed E-state index contributed by atoms with van der Waals surface area (Å²) in [6.07, 6.45) is 0. The highest BCUT2D eigenvalue weighted by atomic mass is 35.5.